The van der Waals surface area contributed by atoms with E-state index in [0.717, 1.165) is 6.42 Å². The number of sulfonamides is 1. The van der Waals surface area contributed by atoms with Crippen LogP contribution in [0.1, 0.15) is 12.8 Å². The van der Waals surface area contributed by atoms with Gasteiger partial charge in [0.05, 0.1) is 24.7 Å². The molecule has 1 amide bonds. The molecule has 148 valence electrons. The average Bonchev–Trinajstić information content (AvgIpc) is 3.11. The number of nitrogens with one attached hydrogen (secondary N) is 1. The second kappa shape index (κ2) is 8.34. The number of nitrogens with zero attached hydrogens (tertiary/aromatic N) is 2. The summed E-state index contributed by atoms with van der Waals surface area (Å²) in [6.07, 6.45) is 1.26. The number of hydrogen-bond acceptors (Lipinski definition) is 6. The molecule has 2 fully saturated rings. The van der Waals surface area contributed by atoms with Crippen molar-refractivity contribution >= 4 is 27.6 Å². The van der Waals surface area contributed by atoms with Crippen molar-refractivity contribution in [3.8, 4) is 0 Å². The minimum atomic E-state index is -3.65. The van der Waals surface area contributed by atoms with E-state index in [2.05, 4.69) is 5.32 Å². The van der Waals surface area contributed by atoms with Crippen LogP contribution in [0.15, 0.2) is 29.2 Å². The van der Waals surface area contributed by atoms with Gasteiger partial charge in [0, 0.05) is 18.8 Å². The van der Waals surface area contributed by atoms with Crippen LogP contribution in [0.4, 0.5) is 5.69 Å². The van der Waals surface area contributed by atoms with Crippen molar-refractivity contribution in [1.82, 2.24) is 9.21 Å². The summed E-state index contributed by atoms with van der Waals surface area (Å²) in [7, 11) is -3.65. The van der Waals surface area contributed by atoms with Crippen molar-refractivity contribution in [3.63, 3.8) is 0 Å². The summed E-state index contributed by atoms with van der Waals surface area (Å²) in [5, 5.41) is 11.8. The molecule has 1 aromatic rings. The molecule has 2 saturated heterocycles. The van der Waals surface area contributed by atoms with Crippen molar-refractivity contribution in [2.45, 2.75) is 23.8 Å². The fourth-order valence-corrected chi connectivity index (χ4v) is 4.80. The number of rotatable bonds is 6. The van der Waals surface area contributed by atoms with Gasteiger partial charge in [-0.1, -0.05) is 6.07 Å². The van der Waals surface area contributed by atoms with Crippen LogP contribution in [0.25, 0.3) is 0 Å². The van der Waals surface area contributed by atoms with Crippen molar-refractivity contribution in [1.29, 1.82) is 0 Å². The number of carboxylic acids is 1. The van der Waals surface area contributed by atoms with Gasteiger partial charge in [-0.05, 0) is 37.6 Å². The maximum absolute atomic E-state index is 12.7. The molecule has 9 nitrogen and oxygen atoms in total. The number of hydrogen-bond donors (Lipinski definition) is 2. The van der Waals surface area contributed by atoms with E-state index < -0.39 is 22.0 Å². The Balaban J connectivity index is 1.67. The number of benzene rings is 1. The first kappa shape index (κ1) is 19.7. The fourth-order valence-electron chi connectivity index (χ4n) is 3.35. The first-order valence-electron chi connectivity index (χ1n) is 8.82. The Bertz CT molecular complexity index is 807. The summed E-state index contributed by atoms with van der Waals surface area (Å²) >= 11 is 0. The maximum atomic E-state index is 12.7. The van der Waals surface area contributed by atoms with Gasteiger partial charge in [-0.2, -0.15) is 4.31 Å². The second-order valence-corrected chi connectivity index (χ2v) is 8.50. The predicted octanol–water partition coefficient (Wildman–Crippen LogP) is 0.195. The van der Waals surface area contributed by atoms with E-state index in [1.807, 2.05) is 0 Å². The largest absolute Gasteiger partial charge is 0.480 e. The van der Waals surface area contributed by atoms with Crippen LogP contribution in [0, 0.1) is 0 Å². The monoisotopic (exact) mass is 397 g/mol. The molecule has 2 heterocycles. The Morgan fingerprint density at radius 1 is 1.22 bits per heavy atom. The van der Waals surface area contributed by atoms with E-state index in [1.54, 1.807) is 17.0 Å². The molecule has 2 N–H and O–H groups in total. The minimum absolute atomic E-state index is 0.0442. The van der Waals surface area contributed by atoms with Crippen molar-refractivity contribution in [3.05, 3.63) is 24.3 Å². The molecular weight excluding hydrogens is 374 g/mol. The number of morpholine rings is 1. The number of carboxylic acid groups (broad SMARTS) is 1. The van der Waals surface area contributed by atoms with Crippen LogP contribution in [0.3, 0.4) is 0 Å². The molecule has 27 heavy (non-hydrogen) atoms. The number of carbonyl (C=O) groups excluding carboxylic acids is 1. The summed E-state index contributed by atoms with van der Waals surface area (Å²) in [5.74, 6) is -1.30. The van der Waals surface area contributed by atoms with Gasteiger partial charge < -0.3 is 15.2 Å². The molecule has 1 unspecified atom stereocenters. The third-order valence-corrected chi connectivity index (χ3v) is 6.62. The minimum Gasteiger partial charge on any atom is -0.480 e. The number of carbonyl (C=O) groups is 2. The van der Waals surface area contributed by atoms with Crippen LogP contribution >= 0.6 is 0 Å². The molecule has 0 saturated carbocycles. The summed E-state index contributed by atoms with van der Waals surface area (Å²) < 4.78 is 32.0. The Morgan fingerprint density at radius 3 is 2.67 bits per heavy atom. The van der Waals surface area contributed by atoms with Gasteiger partial charge in [0.1, 0.15) is 6.04 Å². The zero-order chi connectivity index (χ0) is 19.4. The molecule has 0 aliphatic carbocycles. The van der Waals surface area contributed by atoms with E-state index in [9.17, 15) is 23.1 Å². The smallest absolute Gasteiger partial charge is 0.320 e. The lowest BCUT2D eigenvalue weighted by atomic mass is 10.2. The van der Waals surface area contributed by atoms with E-state index in [4.69, 9.17) is 4.74 Å². The Kier molecular flexibility index (Phi) is 6.10. The van der Waals surface area contributed by atoms with Gasteiger partial charge >= 0.3 is 5.97 Å². The highest BCUT2D eigenvalue weighted by Crippen LogP contribution is 2.21. The SMILES string of the molecule is O=C(CN1CCCC1C(=O)O)Nc1cccc(S(=O)(=O)N2CCOCC2)c1. The number of likely N-dealkylation sites (tertiary alicyclic amines) is 1. The number of ether oxygens (including phenoxy) is 1. The highest BCUT2D eigenvalue weighted by Gasteiger charge is 2.31. The molecule has 2 aliphatic rings. The molecule has 2 aliphatic heterocycles. The van der Waals surface area contributed by atoms with Crippen molar-refractivity contribution < 1.29 is 27.9 Å². The van der Waals surface area contributed by atoms with Crippen LogP contribution in [-0.4, -0.2) is 80.0 Å². The van der Waals surface area contributed by atoms with Gasteiger partial charge in [-0.15, -0.1) is 0 Å². The van der Waals surface area contributed by atoms with Gasteiger partial charge in [0.15, 0.2) is 0 Å². The number of aliphatic carboxylic acids is 1. The lowest BCUT2D eigenvalue weighted by Gasteiger charge is -2.26. The third kappa shape index (κ3) is 4.64. The summed E-state index contributed by atoms with van der Waals surface area (Å²) in [6.45, 7) is 1.81. The highest BCUT2D eigenvalue weighted by atomic mass is 32.2. The molecular formula is C17H23N3O6S. The van der Waals surface area contributed by atoms with Crippen LogP contribution in [0.5, 0.6) is 0 Å². The Hall–Kier alpha value is -2.01. The number of amides is 1. The summed E-state index contributed by atoms with van der Waals surface area (Å²) in [4.78, 5) is 25.2. The van der Waals surface area contributed by atoms with Gasteiger partial charge in [-0.25, -0.2) is 8.42 Å². The fraction of sp³-hybridized carbons (Fsp3) is 0.529. The van der Waals surface area contributed by atoms with Gasteiger partial charge in [0.25, 0.3) is 0 Å². The topological polar surface area (TPSA) is 116 Å². The van der Waals surface area contributed by atoms with E-state index in [-0.39, 0.29) is 17.3 Å². The first-order chi connectivity index (χ1) is 12.9. The predicted molar refractivity (Wildman–Crippen MR) is 96.9 cm³/mol. The van der Waals surface area contributed by atoms with E-state index in [0.29, 0.717) is 45.0 Å². The zero-order valence-electron chi connectivity index (χ0n) is 14.8. The second-order valence-electron chi connectivity index (χ2n) is 6.56. The quantitative estimate of drug-likeness (QED) is 0.704. The highest BCUT2D eigenvalue weighted by molar-refractivity contribution is 7.89. The Labute approximate surface area is 157 Å². The number of anilines is 1. The normalized spacial score (nSPS) is 21.9. The van der Waals surface area contributed by atoms with Crippen molar-refractivity contribution in [2.75, 3.05) is 44.7 Å². The van der Waals surface area contributed by atoms with Crippen molar-refractivity contribution in [2.24, 2.45) is 0 Å². The average molecular weight is 397 g/mol. The Morgan fingerprint density at radius 2 is 1.96 bits per heavy atom. The van der Waals surface area contributed by atoms with Gasteiger partial charge in [-0.3, -0.25) is 14.5 Å². The van der Waals surface area contributed by atoms with Crippen LogP contribution in [0.2, 0.25) is 0 Å². The third-order valence-electron chi connectivity index (χ3n) is 4.72. The standard InChI is InChI=1S/C17H23N3O6S/c21-16(12-19-6-2-5-15(19)17(22)23)18-13-3-1-4-14(11-13)27(24,25)20-7-9-26-10-8-20/h1,3-4,11,15H,2,5-10,12H2,(H,18,21)(H,22,23). The molecule has 1 aromatic carbocycles. The van der Waals surface area contributed by atoms with Crippen LogP contribution in [-0.2, 0) is 24.3 Å². The van der Waals surface area contributed by atoms with Gasteiger partial charge in [0.2, 0.25) is 15.9 Å². The lowest BCUT2D eigenvalue weighted by Crippen LogP contribution is -2.41. The van der Waals surface area contributed by atoms with E-state index in [1.165, 1.54) is 16.4 Å². The molecule has 0 spiro atoms. The zero-order valence-corrected chi connectivity index (χ0v) is 15.7. The molecule has 3 rings (SSSR count). The van der Waals surface area contributed by atoms with Crippen LogP contribution < -0.4 is 5.32 Å². The molecule has 0 bridgehead atoms. The maximum Gasteiger partial charge on any atom is 0.320 e. The first-order valence-corrected chi connectivity index (χ1v) is 10.3. The lowest BCUT2D eigenvalue weighted by molar-refractivity contribution is -0.142. The summed E-state index contributed by atoms with van der Waals surface area (Å²) in [5.41, 5.74) is 0.361. The molecule has 0 aromatic heterocycles. The molecule has 1 atom stereocenters. The van der Waals surface area contributed by atoms with E-state index >= 15 is 0 Å². The molecule has 0 radical (unpaired) electrons. The summed E-state index contributed by atoms with van der Waals surface area (Å²) in [6, 6.07) is 5.43. The molecule has 10 heteroatoms.